The third-order valence-electron chi connectivity index (χ3n) is 5.90. The number of amidine groups is 1. The molecule has 0 saturated heterocycles. The second-order valence-corrected chi connectivity index (χ2v) is 8.59. The molecule has 37 heavy (non-hydrogen) atoms. The van der Waals surface area contributed by atoms with Crippen LogP contribution in [-0.4, -0.2) is 33.6 Å². The van der Waals surface area contributed by atoms with Gasteiger partial charge in [-0.3, -0.25) is 9.59 Å². The molecular formula is C26H25FN6O4. The van der Waals surface area contributed by atoms with E-state index in [1.165, 1.54) is 19.1 Å². The van der Waals surface area contributed by atoms with Crippen LogP contribution in [0.15, 0.2) is 53.9 Å². The summed E-state index contributed by atoms with van der Waals surface area (Å²) in [7, 11) is 0. The summed E-state index contributed by atoms with van der Waals surface area (Å²) in [6.07, 6.45) is 2.53. The fourth-order valence-corrected chi connectivity index (χ4v) is 4.02. The number of nitrogens with zero attached hydrogens (tertiary/aromatic N) is 3. The number of benzene rings is 2. The number of carbonyl (C=O) groups excluding carboxylic acids is 3. The predicted molar refractivity (Wildman–Crippen MR) is 132 cm³/mol. The minimum Gasteiger partial charge on any atom is -0.380 e. The van der Waals surface area contributed by atoms with Gasteiger partial charge in [0.1, 0.15) is 23.5 Å². The maximum atomic E-state index is 13.4. The average molecular weight is 505 g/mol. The number of nitrogens with two attached hydrogens (primary N) is 1. The van der Waals surface area contributed by atoms with E-state index in [4.69, 9.17) is 5.73 Å². The van der Waals surface area contributed by atoms with Crippen molar-refractivity contribution in [2.75, 3.05) is 0 Å². The van der Waals surface area contributed by atoms with Gasteiger partial charge in [0, 0.05) is 25.1 Å². The maximum Gasteiger partial charge on any atom is 0.332 e. The highest BCUT2D eigenvalue weighted by Crippen LogP contribution is 2.32. The van der Waals surface area contributed by atoms with Crippen molar-refractivity contribution in [2.24, 2.45) is 10.9 Å². The van der Waals surface area contributed by atoms with Gasteiger partial charge in [-0.15, -0.1) is 0 Å². The summed E-state index contributed by atoms with van der Waals surface area (Å²) in [4.78, 5) is 49.0. The summed E-state index contributed by atoms with van der Waals surface area (Å²) in [6.45, 7) is 3.06. The van der Waals surface area contributed by atoms with E-state index in [0.29, 0.717) is 24.0 Å². The molecule has 1 atom stereocenters. The molecule has 1 unspecified atom stereocenters. The first-order chi connectivity index (χ1) is 17.7. The quantitative estimate of drug-likeness (QED) is 0.194. The van der Waals surface area contributed by atoms with E-state index in [0.717, 1.165) is 23.0 Å². The lowest BCUT2D eigenvalue weighted by Gasteiger charge is -2.14. The smallest absolute Gasteiger partial charge is 0.332 e. The van der Waals surface area contributed by atoms with Gasteiger partial charge in [-0.05, 0) is 54.2 Å². The van der Waals surface area contributed by atoms with Crippen LogP contribution in [0.1, 0.15) is 68.2 Å². The molecule has 4 rings (SSSR count). The fourth-order valence-electron chi connectivity index (χ4n) is 4.02. The highest BCUT2D eigenvalue weighted by molar-refractivity contribution is 5.98. The SMILES string of the molecule is CC(=O)O/N=C(\N)c1ccc2c(c1)CCC2NC(=O)c1cc(C(=O)NCc2ccc(F)c(C)c2)ncn1. The van der Waals surface area contributed by atoms with Crippen LogP contribution in [0.4, 0.5) is 4.39 Å². The van der Waals surface area contributed by atoms with E-state index in [1.54, 1.807) is 25.1 Å². The van der Waals surface area contributed by atoms with Crippen LogP contribution in [0, 0.1) is 12.7 Å². The molecule has 0 fully saturated rings. The summed E-state index contributed by atoms with van der Waals surface area (Å²) >= 11 is 0. The van der Waals surface area contributed by atoms with Gasteiger partial charge in [0.25, 0.3) is 11.8 Å². The molecule has 0 radical (unpaired) electrons. The number of aromatic nitrogens is 2. The Morgan fingerprint density at radius 2 is 1.86 bits per heavy atom. The summed E-state index contributed by atoms with van der Waals surface area (Å²) in [5, 5.41) is 9.26. The Morgan fingerprint density at radius 3 is 2.59 bits per heavy atom. The Labute approximate surface area is 212 Å². The molecule has 1 aliphatic rings. The first-order valence-corrected chi connectivity index (χ1v) is 11.5. The van der Waals surface area contributed by atoms with Gasteiger partial charge in [-0.25, -0.2) is 19.2 Å². The van der Waals surface area contributed by atoms with Gasteiger partial charge in [0.2, 0.25) is 0 Å². The Kier molecular flexibility index (Phi) is 7.52. The number of amides is 2. The number of halogens is 1. The molecule has 0 saturated carbocycles. The molecule has 0 aliphatic heterocycles. The normalized spacial score (nSPS) is 14.6. The Balaban J connectivity index is 1.40. The van der Waals surface area contributed by atoms with Gasteiger partial charge >= 0.3 is 5.97 Å². The molecule has 190 valence electrons. The lowest BCUT2D eigenvalue weighted by molar-refractivity contribution is -0.140. The van der Waals surface area contributed by atoms with Crippen molar-refractivity contribution >= 4 is 23.6 Å². The monoisotopic (exact) mass is 504 g/mol. The van der Waals surface area contributed by atoms with Crippen LogP contribution < -0.4 is 16.4 Å². The van der Waals surface area contributed by atoms with Crippen LogP contribution >= 0.6 is 0 Å². The molecule has 0 spiro atoms. The van der Waals surface area contributed by atoms with Gasteiger partial charge in [0.05, 0.1) is 6.04 Å². The number of rotatable bonds is 7. The van der Waals surface area contributed by atoms with Crippen molar-refractivity contribution in [3.63, 3.8) is 0 Å². The maximum absolute atomic E-state index is 13.4. The van der Waals surface area contributed by atoms with Crippen molar-refractivity contribution in [3.05, 3.63) is 93.8 Å². The summed E-state index contributed by atoms with van der Waals surface area (Å²) < 4.78 is 13.4. The lowest BCUT2D eigenvalue weighted by Crippen LogP contribution is -2.29. The largest absolute Gasteiger partial charge is 0.380 e. The van der Waals surface area contributed by atoms with Crippen LogP contribution in [0.25, 0.3) is 0 Å². The summed E-state index contributed by atoms with van der Waals surface area (Å²) in [6, 6.07) is 11.1. The number of hydrogen-bond donors (Lipinski definition) is 3. The second-order valence-electron chi connectivity index (χ2n) is 8.59. The van der Waals surface area contributed by atoms with Crippen molar-refractivity contribution < 1.29 is 23.6 Å². The first kappa shape index (κ1) is 25.4. The predicted octanol–water partition coefficient (Wildman–Crippen LogP) is 2.45. The molecule has 1 heterocycles. The molecule has 0 bridgehead atoms. The number of carbonyl (C=O) groups is 3. The molecule has 4 N–H and O–H groups in total. The van der Waals surface area contributed by atoms with Gasteiger partial charge in [-0.2, -0.15) is 0 Å². The van der Waals surface area contributed by atoms with Gasteiger partial charge < -0.3 is 21.2 Å². The molecule has 2 aromatic carbocycles. The zero-order valence-electron chi connectivity index (χ0n) is 20.2. The van der Waals surface area contributed by atoms with Gasteiger partial charge in [-0.1, -0.05) is 29.4 Å². The van der Waals surface area contributed by atoms with E-state index in [1.807, 2.05) is 12.1 Å². The van der Waals surface area contributed by atoms with E-state index < -0.39 is 17.8 Å². The fraction of sp³-hybridized carbons (Fsp3) is 0.231. The van der Waals surface area contributed by atoms with E-state index in [2.05, 4.69) is 30.6 Å². The summed E-state index contributed by atoms with van der Waals surface area (Å²) in [5.74, 6) is -1.73. The summed E-state index contributed by atoms with van der Waals surface area (Å²) in [5.41, 5.74) is 9.72. The third-order valence-corrected chi connectivity index (χ3v) is 5.90. The van der Waals surface area contributed by atoms with E-state index in [9.17, 15) is 18.8 Å². The zero-order valence-corrected chi connectivity index (χ0v) is 20.2. The van der Waals surface area contributed by atoms with Crippen LogP contribution in [0.5, 0.6) is 0 Å². The highest BCUT2D eigenvalue weighted by atomic mass is 19.1. The van der Waals surface area contributed by atoms with Gasteiger partial charge in [0.15, 0.2) is 5.84 Å². The Hall–Kier alpha value is -4.67. The second kappa shape index (κ2) is 10.9. The van der Waals surface area contributed by atoms with Crippen LogP contribution in [0.3, 0.4) is 0 Å². The molecule has 3 aromatic rings. The van der Waals surface area contributed by atoms with Crippen LogP contribution in [0.2, 0.25) is 0 Å². The minimum atomic E-state index is -0.569. The Morgan fingerprint density at radius 1 is 1.11 bits per heavy atom. The molecule has 11 heteroatoms. The van der Waals surface area contributed by atoms with E-state index in [-0.39, 0.29) is 35.6 Å². The highest BCUT2D eigenvalue weighted by Gasteiger charge is 2.26. The number of fused-ring (bicyclic) bond motifs is 1. The minimum absolute atomic E-state index is 0.0398. The lowest BCUT2D eigenvalue weighted by atomic mass is 10.0. The average Bonchev–Trinajstić information content (AvgIpc) is 3.29. The standard InChI is InChI=1S/C26H25FN6O4/c1-14-9-16(3-7-20(14)27)12-29-25(35)22-11-23(31-13-30-22)26(36)32-21-8-5-17-10-18(4-6-19(17)21)24(28)33-37-15(2)34/h3-4,6-7,9-11,13,21H,5,8,12H2,1-2H3,(H2,28,33)(H,29,35)(H,32,36). The Bertz CT molecular complexity index is 1410. The molecule has 1 aliphatic carbocycles. The van der Waals surface area contributed by atoms with Crippen molar-refractivity contribution in [2.45, 2.75) is 39.3 Å². The topological polar surface area (TPSA) is 149 Å². The van der Waals surface area contributed by atoms with Crippen LogP contribution in [-0.2, 0) is 22.6 Å². The number of nitrogens with one attached hydrogen (secondary N) is 2. The van der Waals surface area contributed by atoms with Crippen molar-refractivity contribution in [3.8, 4) is 0 Å². The number of oxime groups is 1. The van der Waals surface area contributed by atoms with E-state index >= 15 is 0 Å². The number of aryl methyl sites for hydroxylation is 2. The zero-order chi connectivity index (χ0) is 26.5. The van der Waals surface area contributed by atoms with Crippen molar-refractivity contribution in [1.82, 2.24) is 20.6 Å². The molecular weight excluding hydrogens is 479 g/mol. The molecule has 2 amide bonds. The third kappa shape index (κ3) is 6.13. The first-order valence-electron chi connectivity index (χ1n) is 11.5. The molecule has 1 aromatic heterocycles. The van der Waals surface area contributed by atoms with Crippen molar-refractivity contribution in [1.29, 1.82) is 0 Å². The molecule has 10 nitrogen and oxygen atoms in total. The number of hydrogen-bond acceptors (Lipinski definition) is 7.